The maximum absolute atomic E-state index is 13.3. The molecule has 0 aliphatic rings. The molecule has 3 heterocycles. The summed E-state index contributed by atoms with van der Waals surface area (Å²) in [5.74, 6) is -0.739. The van der Waals surface area contributed by atoms with Crippen LogP contribution in [0.2, 0.25) is 0 Å². The molecule has 9 nitrogen and oxygen atoms in total. The minimum atomic E-state index is -0.909. The van der Waals surface area contributed by atoms with Crippen molar-refractivity contribution in [2.45, 2.75) is 39.8 Å². The molecule has 0 aliphatic carbocycles. The molecule has 0 N–H and O–H groups in total. The van der Waals surface area contributed by atoms with Crippen LogP contribution in [0, 0.1) is 0 Å². The molecule has 0 spiro atoms. The second-order valence-electron chi connectivity index (χ2n) is 7.86. The Kier molecular flexibility index (Phi) is 7.05. The van der Waals surface area contributed by atoms with Crippen molar-refractivity contribution in [1.29, 1.82) is 0 Å². The number of ether oxygens (including phenoxy) is 2. The largest absolute Gasteiger partial charge is 0.481 e. The van der Waals surface area contributed by atoms with Gasteiger partial charge in [-0.1, -0.05) is 31.2 Å². The van der Waals surface area contributed by atoms with E-state index in [0.717, 1.165) is 0 Å². The number of hydrogen-bond donors (Lipinski definition) is 0. The molecule has 1 amide bonds. The van der Waals surface area contributed by atoms with E-state index in [1.807, 2.05) is 13.0 Å². The number of pyridine rings is 2. The number of para-hydroxylation sites is 1. The summed E-state index contributed by atoms with van der Waals surface area (Å²) >= 11 is 0. The molecule has 0 radical (unpaired) electrons. The molecule has 1 aromatic carbocycles. The van der Waals surface area contributed by atoms with Crippen molar-refractivity contribution < 1.29 is 19.1 Å². The van der Waals surface area contributed by atoms with E-state index >= 15 is 0 Å². The van der Waals surface area contributed by atoms with Gasteiger partial charge in [0.1, 0.15) is 22.6 Å². The van der Waals surface area contributed by atoms with Gasteiger partial charge in [-0.05, 0) is 50.6 Å². The first-order valence-corrected chi connectivity index (χ1v) is 11.5. The Labute approximate surface area is 201 Å². The van der Waals surface area contributed by atoms with Gasteiger partial charge in [-0.15, -0.1) is 0 Å². The fraction of sp³-hybridized carbons (Fsp3) is 0.269. The number of fused-ring (bicyclic) bond motifs is 2. The van der Waals surface area contributed by atoms with Crippen molar-refractivity contribution in [1.82, 2.24) is 14.0 Å². The zero-order valence-corrected chi connectivity index (χ0v) is 19.8. The van der Waals surface area contributed by atoms with Crippen LogP contribution in [0.1, 0.15) is 37.6 Å². The highest BCUT2D eigenvalue weighted by molar-refractivity contribution is 5.94. The highest BCUT2D eigenvalue weighted by Crippen LogP contribution is 2.14. The van der Waals surface area contributed by atoms with E-state index < -0.39 is 18.0 Å². The summed E-state index contributed by atoms with van der Waals surface area (Å²) in [7, 11) is 0. The number of aromatic nitrogens is 3. The molecular formula is C26H26N4O5. The van der Waals surface area contributed by atoms with Crippen LogP contribution in [0.4, 0.5) is 0 Å². The quantitative estimate of drug-likeness (QED) is 0.301. The highest BCUT2D eigenvalue weighted by atomic mass is 16.5. The van der Waals surface area contributed by atoms with Gasteiger partial charge >= 0.3 is 5.97 Å². The molecular weight excluding hydrogens is 448 g/mol. The summed E-state index contributed by atoms with van der Waals surface area (Å²) in [6.45, 7) is 5.71. The maximum Gasteiger partial charge on any atom is 0.341 e. The third-order valence-electron chi connectivity index (χ3n) is 5.35. The summed E-state index contributed by atoms with van der Waals surface area (Å²) in [6.07, 6.45) is 1.35. The SMILES string of the molecule is CCCn1c(=NC(=O)[C@@H](C)Oc2ccccc2)c(C(=O)OCC)cc2c(=O)n3ccccc3nc21. The normalized spacial score (nSPS) is 12.6. The van der Waals surface area contributed by atoms with Gasteiger partial charge in [0.2, 0.25) is 0 Å². The number of rotatable bonds is 7. The third-order valence-corrected chi connectivity index (χ3v) is 5.35. The molecule has 0 saturated heterocycles. The van der Waals surface area contributed by atoms with Gasteiger partial charge in [-0.2, -0.15) is 4.99 Å². The summed E-state index contributed by atoms with van der Waals surface area (Å²) in [5, 5.41) is 0.227. The molecule has 180 valence electrons. The Morgan fingerprint density at radius 1 is 1.09 bits per heavy atom. The lowest BCUT2D eigenvalue weighted by Crippen LogP contribution is -2.34. The zero-order valence-electron chi connectivity index (χ0n) is 19.8. The number of esters is 1. The Hall–Kier alpha value is -4.27. The molecule has 4 aromatic rings. The number of carbonyl (C=O) groups excluding carboxylic acids is 2. The standard InChI is InChI=1S/C26H26N4O5/c1-4-14-30-22-19(25(32)29-15-10-9-13-21(29)27-22)16-20(26(33)34-5-2)23(30)28-24(31)17(3)35-18-11-7-6-8-12-18/h6-13,15-17H,4-5,14H2,1-3H3/t17-/m1/s1. The van der Waals surface area contributed by atoms with Gasteiger partial charge in [0.25, 0.3) is 11.5 Å². The van der Waals surface area contributed by atoms with Crippen LogP contribution < -0.4 is 15.8 Å². The molecule has 9 heteroatoms. The predicted octanol–water partition coefficient (Wildman–Crippen LogP) is 3.13. The van der Waals surface area contributed by atoms with Crippen molar-refractivity contribution in [3.05, 3.63) is 82.2 Å². The van der Waals surface area contributed by atoms with E-state index in [0.29, 0.717) is 30.0 Å². The second-order valence-corrected chi connectivity index (χ2v) is 7.86. The molecule has 0 aliphatic heterocycles. The molecule has 0 saturated carbocycles. The second kappa shape index (κ2) is 10.3. The first kappa shape index (κ1) is 23.9. The summed E-state index contributed by atoms with van der Waals surface area (Å²) in [5.41, 5.74) is 0.539. The van der Waals surface area contributed by atoms with Crippen molar-refractivity contribution in [3.63, 3.8) is 0 Å². The van der Waals surface area contributed by atoms with Gasteiger partial charge < -0.3 is 14.0 Å². The molecule has 1 atom stereocenters. The number of amides is 1. The lowest BCUT2D eigenvalue weighted by molar-refractivity contribution is -0.124. The van der Waals surface area contributed by atoms with Crippen LogP contribution in [0.3, 0.4) is 0 Å². The first-order chi connectivity index (χ1) is 16.9. The van der Waals surface area contributed by atoms with Crippen LogP contribution in [0.15, 0.2) is 70.6 Å². The fourth-order valence-corrected chi connectivity index (χ4v) is 3.74. The monoisotopic (exact) mass is 474 g/mol. The van der Waals surface area contributed by atoms with Crippen LogP contribution in [-0.2, 0) is 16.1 Å². The van der Waals surface area contributed by atoms with E-state index in [4.69, 9.17) is 9.47 Å². The Morgan fingerprint density at radius 3 is 2.54 bits per heavy atom. The van der Waals surface area contributed by atoms with E-state index in [2.05, 4.69) is 9.98 Å². The summed E-state index contributed by atoms with van der Waals surface area (Å²) in [4.78, 5) is 48.2. The smallest absolute Gasteiger partial charge is 0.341 e. The van der Waals surface area contributed by atoms with E-state index in [1.54, 1.807) is 67.1 Å². The van der Waals surface area contributed by atoms with Gasteiger partial charge in [-0.25, -0.2) is 9.78 Å². The van der Waals surface area contributed by atoms with Gasteiger partial charge in [0, 0.05) is 12.7 Å². The van der Waals surface area contributed by atoms with Crippen molar-refractivity contribution in [3.8, 4) is 5.75 Å². The molecule has 35 heavy (non-hydrogen) atoms. The Bertz CT molecular complexity index is 1520. The van der Waals surface area contributed by atoms with Crippen molar-refractivity contribution in [2.75, 3.05) is 6.61 Å². The average molecular weight is 475 g/mol. The lowest BCUT2D eigenvalue weighted by atomic mass is 10.2. The van der Waals surface area contributed by atoms with E-state index in [-0.39, 0.29) is 28.6 Å². The van der Waals surface area contributed by atoms with Crippen LogP contribution >= 0.6 is 0 Å². The fourth-order valence-electron chi connectivity index (χ4n) is 3.74. The van der Waals surface area contributed by atoms with Crippen LogP contribution in [-0.4, -0.2) is 38.5 Å². The van der Waals surface area contributed by atoms with E-state index in [9.17, 15) is 14.4 Å². The zero-order chi connectivity index (χ0) is 24.9. The molecule has 0 fully saturated rings. The average Bonchev–Trinajstić information content (AvgIpc) is 2.86. The summed E-state index contributed by atoms with van der Waals surface area (Å²) in [6, 6.07) is 15.6. The predicted molar refractivity (Wildman–Crippen MR) is 130 cm³/mol. The molecule has 0 unspecified atom stereocenters. The number of nitrogens with zero attached hydrogens (tertiary/aromatic N) is 4. The number of aryl methyl sites for hydroxylation is 1. The topological polar surface area (TPSA) is 104 Å². The Morgan fingerprint density at radius 2 is 1.83 bits per heavy atom. The third kappa shape index (κ3) is 4.84. The number of benzene rings is 1. The molecule has 3 aromatic heterocycles. The van der Waals surface area contributed by atoms with E-state index in [1.165, 1.54) is 10.5 Å². The minimum Gasteiger partial charge on any atom is -0.481 e. The van der Waals surface area contributed by atoms with Crippen molar-refractivity contribution in [2.24, 2.45) is 4.99 Å². The van der Waals surface area contributed by atoms with Gasteiger partial charge in [-0.3, -0.25) is 14.0 Å². The Balaban J connectivity index is 1.97. The first-order valence-electron chi connectivity index (χ1n) is 11.5. The number of carbonyl (C=O) groups is 2. The van der Waals surface area contributed by atoms with Gasteiger partial charge in [0.05, 0.1) is 12.0 Å². The summed E-state index contributed by atoms with van der Waals surface area (Å²) < 4.78 is 14.0. The van der Waals surface area contributed by atoms with Crippen molar-refractivity contribution >= 4 is 28.6 Å². The molecule has 0 bridgehead atoms. The molecule has 4 rings (SSSR count). The lowest BCUT2D eigenvalue weighted by Gasteiger charge is -2.15. The maximum atomic E-state index is 13.3. The van der Waals surface area contributed by atoms with Crippen LogP contribution in [0.5, 0.6) is 5.75 Å². The van der Waals surface area contributed by atoms with Gasteiger partial charge in [0.15, 0.2) is 11.6 Å². The minimum absolute atomic E-state index is 0.0165. The van der Waals surface area contributed by atoms with Crippen LogP contribution in [0.25, 0.3) is 16.7 Å². The highest BCUT2D eigenvalue weighted by Gasteiger charge is 2.21. The number of hydrogen-bond acceptors (Lipinski definition) is 6.